The van der Waals surface area contributed by atoms with Crippen molar-refractivity contribution in [1.29, 1.82) is 0 Å². The van der Waals surface area contributed by atoms with E-state index in [9.17, 15) is 4.79 Å². The van der Waals surface area contributed by atoms with Crippen LogP contribution in [-0.2, 0) is 4.74 Å². The van der Waals surface area contributed by atoms with E-state index in [0.717, 1.165) is 6.54 Å². The van der Waals surface area contributed by atoms with Crippen LogP contribution in [0, 0.1) is 12.3 Å². The minimum atomic E-state index is -0.366. The third-order valence-electron chi connectivity index (χ3n) is 5.45. The second-order valence-electron chi connectivity index (χ2n) is 6.92. The van der Waals surface area contributed by atoms with E-state index in [0.29, 0.717) is 29.2 Å². The van der Waals surface area contributed by atoms with Crippen LogP contribution < -0.4 is 4.90 Å². The molecule has 0 amide bonds. The number of nitrogens with zero attached hydrogens (tertiary/aromatic N) is 4. The number of aromatic nitrogens is 3. The average Bonchev–Trinajstić information content (AvgIpc) is 2.54. The van der Waals surface area contributed by atoms with Gasteiger partial charge in [-0.3, -0.25) is 4.98 Å². The highest BCUT2D eigenvalue weighted by atomic mass is 16.5. The molecule has 0 bridgehead atoms. The van der Waals surface area contributed by atoms with E-state index in [4.69, 9.17) is 4.74 Å². The number of pyridine rings is 1. The maximum absolute atomic E-state index is 12.0. The summed E-state index contributed by atoms with van der Waals surface area (Å²) in [6, 6.07) is 4.38. The van der Waals surface area contributed by atoms with Gasteiger partial charge in [0.05, 0.1) is 23.9 Å². The minimum Gasteiger partial charge on any atom is -0.462 e. The molecule has 1 saturated carbocycles. The van der Waals surface area contributed by atoms with Gasteiger partial charge in [0, 0.05) is 30.6 Å². The summed E-state index contributed by atoms with van der Waals surface area (Å²) in [7, 11) is 0. The number of carbonyl (C=O) groups is 1. The van der Waals surface area contributed by atoms with Crippen LogP contribution >= 0.6 is 0 Å². The van der Waals surface area contributed by atoms with Gasteiger partial charge in [-0.25, -0.2) is 14.8 Å². The first-order chi connectivity index (χ1) is 12.1. The number of rotatable bonds is 4. The van der Waals surface area contributed by atoms with Gasteiger partial charge in [0.1, 0.15) is 0 Å². The Morgan fingerprint density at radius 1 is 1.40 bits per heavy atom. The molecular formula is C19H22N4O2. The monoisotopic (exact) mass is 338 g/mol. The molecule has 1 unspecified atom stereocenters. The summed E-state index contributed by atoms with van der Waals surface area (Å²) in [5, 5.41) is 0. The summed E-state index contributed by atoms with van der Waals surface area (Å²) >= 11 is 0. The zero-order valence-corrected chi connectivity index (χ0v) is 14.6. The van der Waals surface area contributed by atoms with E-state index in [1.165, 1.54) is 24.8 Å². The molecule has 1 aliphatic heterocycles. The first kappa shape index (κ1) is 16.0. The molecule has 3 heterocycles. The number of hydrogen-bond acceptors (Lipinski definition) is 6. The van der Waals surface area contributed by atoms with E-state index < -0.39 is 0 Å². The summed E-state index contributed by atoms with van der Waals surface area (Å²) in [5.41, 5.74) is 2.63. The Morgan fingerprint density at radius 2 is 2.24 bits per heavy atom. The Hall–Kier alpha value is -2.50. The summed E-state index contributed by atoms with van der Waals surface area (Å²) in [5.74, 6) is 0.311. The summed E-state index contributed by atoms with van der Waals surface area (Å²) in [6.45, 7) is 4.93. The molecular weight excluding hydrogens is 316 g/mol. The molecule has 1 atom stereocenters. The topological polar surface area (TPSA) is 68.2 Å². The van der Waals surface area contributed by atoms with Crippen LogP contribution in [0.15, 0.2) is 30.7 Å². The number of hydrogen-bond donors (Lipinski definition) is 0. The Balaban J connectivity index is 1.63. The van der Waals surface area contributed by atoms with E-state index in [2.05, 4.69) is 25.9 Å². The van der Waals surface area contributed by atoms with E-state index in [-0.39, 0.29) is 12.0 Å². The smallest absolute Gasteiger partial charge is 0.341 e. The molecule has 2 fully saturated rings. The van der Waals surface area contributed by atoms with Gasteiger partial charge in [-0.2, -0.15) is 0 Å². The highest BCUT2D eigenvalue weighted by Crippen LogP contribution is 2.60. The summed E-state index contributed by atoms with van der Waals surface area (Å²) < 4.78 is 5.06. The first-order valence-electron chi connectivity index (χ1n) is 8.82. The van der Waals surface area contributed by atoms with Gasteiger partial charge in [0.2, 0.25) is 5.95 Å². The highest BCUT2D eigenvalue weighted by Gasteiger charge is 2.57. The van der Waals surface area contributed by atoms with E-state index in [1.807, 2.05) is 19.2 Å². The fraction of sp³-hybridized carbons (Fsp3) is 0.474. The second-order valence-corrected chi connectivity index (χ2v) is 6.92. The largest absolute Gasteiger partial charge is 0.462 e. The highest BCUT2D eigenvalue weighted by molar-refractivity contribution is 5.90. The number of carbonyl (C=O) groups excluding carboxylic acids is 1. The lowest BCUT2D eigenvalue weighted by Crippen LogP contribution is -2.62. The van der Waals surface area contributed by atoms with Crippen molar-refractivity contribution >= 4 is 11.9 Å². The van der Waals surface area contributed by atoms with Crippen molar-refractivity contribution in [1.82, 2.24) is 15.0 Å². The van der Waals surface area contributed by atoms with Crippen LogP contribution in [0.5, 0.6) is 0 Å². The van der Waals surface area contributed by atoms with Crippen LogP contribution in [0.25, 0.3) is 0 Å². The van der Waals surface area contributed by atoms with Crippen molar-refractivity contribution < 1.29 is 9.53 Å². The first-order valence-corrected chi connectivity index (χ1v) is 8.82. The molecule has 2 aliphatic rings. The lowest BCUT2D eigenvalue weighted by molar-refractivity contribution is 0.0266. The number of esters is 1. The number of ether oxygens (including phenoxy) is 1. The zero-order valence-electron chi connectivity index (χ0n) is 14.6. The summed E-state index contributed by atoms with van der Waals surface area (Å²) in [4.78, 5) is 27.5. The molecule has 1 spiro atoms. The van der Waals surface area contributed by atoms with Crippen molar-refractivity contribution in [3.05, 3.63) is 47.5 Å². The number of anilines is 1. The van der Waals surface area contributed by atoms with Crippen LogP contribution in [0.1, 0.15) is 53.8 Å². The number of aryl methyl sites for hydroxylation is 1. The van der Waals surface area contributed by atoms with E-state index in [1.54, 1.807) is 19.3 Å². The Morgan fingerprint density at radius 3 is 2.84 bits per heavy atom. The minimum absolute atomic E-state index is 0.266. The van der Waals surface area contributed by atoms with Gasteiger partial charge >= 0.3 is 5.97 Å². The zero-order chi connectivity index (χ0) is 17.4. The lowest BCUT2D eigenvalue weighted by atomic mass is 9.57. The second kappa shape index (κ2) is 6.10. The van der Waals surface area contributed by atoms with Gasteiger partial charge < -0.3 is 9.64 Å². The fourth-order valence-corrected chi connectivity index (χ4v) is 4.06. The van der Waals surface area contributed by atoms with Gasteiger partial charge in [-0.15, -0.1) is 0 Å². The average molecular weight is 338 g/mol. The van der Waals surface area contributed by atoms with Crippen molar-refractivity contribution in [3.8, 4) is 0 Å². The predicted octanol–water partition coefficient (Wildman–Crippen LogP) is 3.09. The molecule has 2 aromatic heterocycles. The van der Waals surface area contributed by atoms with Crippen molar-refractivity contribution in [2.75, 3.05) is 18.1 Å². The third-order valence-corrected chi connectivity index (χ3v) is 5.45. The van der Waals surface area contributed by atoms with Crippen molar-refractivity contribution in [2.45, 2.75) is 39.2 Å². The molecule has 1 aliphatic carbocycles. The standard InChI is InChI=1S/C19H22N4O2/c1-3-25-17(24)15-11-21-18(22-13(15)2)23-12-19(7-5-8-19)16(23)14-6-4-9-20-10-14/h4,6,9-11,16H,3,5,7-8,12H2,1-2H3. The molecule has 0 aromatic carbocycles. The molecule has 4 rings (SSSR count). The van der Waals surface area contributed by atoms with Gasteiger partial charge in [0.25, 0.3) is 0 Å². The Labute approximate surface area is 147 Å². The van der Waals surface area contributed by atoms with Gasteiger partial charge in [0.15, 0.2) is 0 Å². The normalized spacial score (nSPS) is 20.7. The molecule has 0 radical (unpaired) electrons. The maximum Gasteiger partial charge on any atom is 0.341 e. The molecule has 130 valence electrons. The van der Waals surface area contributed by atoms with Crippen LogP contribution in [0.2, 0.25) is 0 Å². The molecule has 25 heavy (non-hydrogen) atoms. The Kier molecular flexibility index (Phi) is 3.90. The third kappa shape index (κ3) is 2.56. The van der Waals surface area contributed by atoms with Crippen LogP contribution in [0.4, 0.5) is 5.95 Å². The fourth-order valence-electron chi connectivity index (χ4n) is 4.06. The molecule has 2 aromatic rings. The SMILES string of the molecule is CCOC(=O)c1cnc(N2CC3(CCC3)C2c2cccnc2)nc1C. The van der Waals surface area contributed by atoms with Crippen LogP contribution in [-0.4, -0.2) is 34.1 Å². The predicted molar refractivity (Wildman–Crippen MR) is 93.3 cm³/mol. The van der Waals surface area contributed by atoms with E-state index >= 15 is 0 Å². The van der Waals surface area contributed by atoms with Gasteiger partial charge in [-0.1, -0.05) is 12.5 Å². The molecule has 1 saturated heterocycles. The quantitative estimate of drug-likeness (QED) is 0.798. The summed E-state index contributed by atoms with van der Waals surface area (Å²) in [6.07, 6.45) is 9.09. The molecule has 6 heteroatoms. The Bertz CT molecular complexity index is 789. The molecule has 6 nitrogen and oxygen atoms in total. The maximum atomic E-state index is 12.0. The van der Waals surface area contributed by atoms with Crippen LogP contribution in [0.3, 0.4) is 0 Å². The van der Waals surface area contributed by atoms with Gasteiger partial charge in [-0.05, 0) is 38.3 Å². The van der Waals surface area contributed by atoms with Crippen molar-refractivity contribution in [2.24, 2.45) is 5.41 Å². The lowest BCUT2D eigenvalue weighted by Gasteiger charge is -2.62. The van der Waals surface area contributed by atoms with Crippen molar-refractivity contribution in [3.63, 3.8) is 0 Å². The molecule has 0 N–H and O–H groups in total.